The summed E-state index contributed by atoms with van der Waals surface area (Å²) in [5, 5.41) is 12.8. The maximum absolute atomic E-state index is 12.7. The fourth-order valence-electron chi connectivity index (χ4n) is 2.78. The highest BCUT2D eigenvalue weighted by atomic mass is 16.5. The Bertz CT molecular complexity index is 731. The number of carbonyl (C=O) groups is 2. The molecule has 1 aliphatic rings. The summed E-state index contributed by atoms with van der Waals surface area (Å²) in [6, 6.07) is 12.0. The molecule has 132 valence electrons. The van der Waals surface area contributed by atoms with Gasteiger partial charge in [0, 0.05) is 0 Å². The van der Waals surface area contributed by atoms with E-state index in [1.807, 2.05) is 6.07 Å². The molecule has 3 amide bonds. The number of hydrogen-bond acceptors (Lipinski definition) is 5. The zero-order valence-corrected chi connectivity index (χ0v) is 13.8. The third-order valence-corrected chi connectivity index (χ3v) is 4.15. The summed E-state index contributed by atoms with van der Waals surface area (Å²) in [4.78, 5) is 25.9. The van der Waals surface area contributed by atoms with E-state index in [0.717, 1.165) is 4.90 Å². The van der Waals surface area contributed by atoms with Gasteiger partial charge in [-0.3, -0.25) is 9.69 Å². The number of rotatable bonds is 7. The molecule has 1 aliphatic heterocycles. The van der Waals surface area contributed by atoms with Crippen molar-refractivity contribution in [2.75, 3.05) is 13.2 Å². The second-order valence-corrected chi connectivity index (χ2v) is 6.09. The first-order chi connectivity index (χ1) is 12.0. The van der Waals surface area contributed by atoms with Crippen LogP contribution in [0.4, 0.5) is 4.79 Å². The summed E-state index contributed by atoms with van der Waals surface area (Å²) in [7, 11) is 0. The topological polar surface area (TPSA) is 92.0 Å². The Morgan fingerprint density at radius 1 is 1.24 bits per heavy atom. The number of β-amino-alcohol motifs (C(OH)–C–C–N with tert-alkyl or cyclic N) is 1. The first kappa shape index (κ1) is 17.2. The molecule has 25 heavy (non-hydrogen) atoms. The number of imide groups is 1. The summed E-state index contributed by atoms with van der Waals surface area (Å²) in [6.45, 7) is 1.72. The van der Waals surface area contributed by atoms with Crippen molar-refractivity contribution in [3.05, 3.63) is 60.1 Å². The Balaban J connectivity index is 1.59. The van der Waals surface area contributed by atoms with E-state index in [9.17, 15) is 14.7 Å². The maximum Gasteiger partial charge on any atom is 0.325 e. The van der Waals surface area contributed by atoms with Crippen LogP contribution in [0, 0.1) is 0 Å². The molecule has 0 spiro atoms. The van der Waals surface area contributed by atoms with Gasteiger partial charge >= 0.3 is 6.03 Å². The molecule has 2 aromatic rings. The van der Waals surface area contributed by atoms with Crippen molar-refractivity contribution >= 4 is 11.9 Å². The lowest BCUT2D eigenvalue weighted by Gasteiger charge is -2.23. The number of aliphatic hydroxyl groups is 1. The molecule has 2 atom stereocenters. The Morgan fingerprint density at radius 3 is 2.68 bits per heavy atom. The van der Waals surface area contributed by atoms with E-state index in [4.69, 9.17) is 9.15 Å². The van der Waals surface area contributed by atoms with Gasteiger partial charge in [0.25, 0.3) is 5.91 Å². The molecule has 1 aromatic heterocycles. The molecule has 1 fully saturated rings. The maximum atomic E-state index is 12.7. The van der Waals surface area contributed by atoms with Crippen LogP contribution in [0.1, 0.15) is 18.2 Å². The van der Waals surface area contributed by atoms with E-state index in [-0.39, 0.29) is 19.8 Å². The van der Waals surface area contributed by atoms with Crippen LogP contribution in [0.2, 0.25) is 0 Å². The highest BCUT2D eigenvalue weighted by molar-refractivity contribution is 6.07. The molecule has 0 saturated carbocycles. The second-order valence-electron chi connectivity index (χ2n) is 6.09. The van der Waals surface area contributed by atoms with E-state index in [1.54, 1.807) is 43.3 Å². The minimum absolute atomic E-state index is 0.0141. The number of aliphatic hydroxyl groups excluding tert-OH is 1. The van der Waals surface area contributed by atoms with Gasteiger partial charge in [0.15, 0.2) is 0 Å². The molecule has 2 heterocycles. The summed E-state index contributed by atoms with van der Waals surface area (Å²) >= 11 is 0. The number of nitrogens with one attached hydrogen (secondary N) is 1. The van der Waals surface area contributed by atoms with Gasteiger partial charge in [-0.05, 0) is 24.6 Å². The minimum Gasteiger partial charge on any atom is -0.467 e. The van der Waals surface area contributed by atoms with Crippen molar-refractivity contribution in [2.24, 2.45) is 0 Å². The average molecular weight is 344 g/mol. The van der Waals surface area contributed by atoms with Crippen molar-refractivity contribution < 1.29 is 23.8 Å². The van der Waals surface area contributed by atoms with Crippen molar-refractivity contribution in [3.63, 3.8) is 0 Å². The predicted octanol–water partition coefficient (Wildman–Crippen LogP) is 1.62. The Morgan fingerprint density at radius 2 is 2.00 bits per heavy atom. The normalized spacial score (nSPS) is 21.4. The van der Waals surface area contributed by atoms with E-state index in [2.05, 4.69) is 5.32 Å². The van der Waals surface area contributed by atoms with Crippen molar-refractivity contribution in [3.8, 4) is 0 Å². The molecular formula is C18H20N2O5. The lowest BCUT2D eigenvalue weighted by Crippen LogP contribution is -2.42. The molecule has 7 nitrogen and oxygen atoms in total. The summed E-state index contributed by atoms with van der Waals surface area (Å²) in [6.07, 6.45) is 0.551. The summed E-state index contributed by atoms with van der Waals surface area (Å²) in [5.74, 6) is 0.243. The van der Waals surface area contributed by atoms with E-state index in [1.165, 1.54) is 6.26 Å². The molecule has 3 rings (SSSR count). The molecule has 1 aromatic carbocycles. The Kier molecular flexibility index (Phi) is 4.87. The Labute approximate surface area is 145 Å². The van der Waals surface area contributed by atoms with E-state index < -0.39 is 23.6 Å². The fraction of sp³-hybridized carbons (Fsp3) is 0.333. The van der Waals surface area contributed by atoms with Crippen LogP contribution in [-0.4, -0.2) is 41.2 Å². The van der Waals surface area contributed by atoms with Crippen molar-refractivity contribution in [1.29, 1.82) is 0 Å². The number of amides is 3. The lowest BCUT2D eigenvalue weighted by molar-refractivity contribution is -0.132. The highest BCUT2D eigenvalue weighted by Crippen LogP contribution is 2.28. The summed E-state index contributed by atoms with van der Waals surface area (Å²) < 4.78 is 10.5. The van der Waals surface area contributed by atoms with Crippen LogP contribution >= 0.6 is 0 Å². The predicted molar refractivity (Wildman–Crippen MR) is 88.4 cm³/mol. The molecule has 1 saturated heterocycles. The van der Waals surface area contributed by atoms with Crippen molar-refractivity contribution in [1.82, 2.24) is 10.2 Å². The average Bonchev–Trinajstić information content (AvgIpc) is 3.19. The molecule has 0 aliphatic carbocycles. The molecule has 0 radical (unpaired) electrons. The number of ether oxygens (including phenoxy) is 1. The van der Waals surface area contributed by atoms with Gasteiger partial charge in [0.1, 0.15) is 17.9 Å². The number of carbonyl (C=O) groups excluding carboxylic acids is 2. The Hall–Kier alpha value is -2.64. The van der Waals surface area contributed by atoms with E-state index >= 15 is 0 Å². The van der Waals surface area contributed by atoms with Crippen molar-refractivity contribution in [2.45, 2.75) is 25.2 Å². The van der Waals surface area contributed by atoms with Crippen LogP contribution < -0.4 is 5.32 Å². The number of hydrogen-bond donors (Lipinski definition) is 2. The monoisotopic (exact) mass is 344 g/mol. The quantitative estimate of drug-likeness (QED) is 0.745. The van der Waals surface area contributed by atoms with Gasteiger partial charge in [-0.1, -0.05) is 30.3 Å². The SMILES string of the molecule is C[C@]1(c2ccccc2)NC(=O)N(C[C@@H](O)COCc2ccco2)C1=O. The number of urea groups is 1. The second kappa shape index (κ2) is 7.08. The zero-order valence-electron chi connectivity index (χ0n) is 13.8. The van der Waals surface area contributed by atoms with Crippen LogP contribution in [-0.2, 0) is 21.7 Å². The third kappa shape index (κ3) is 3.57. The van der Waals surface area contributed by atoms with Gasteiger partial charge in [0.05, 0.1) is 25.5 Å². The smallest absolute Gasteiger partial charge is 0.325 e. The zero-order chi connectivity index (χ0) is 17.9. The van der Waals surface area contributed by atoms with Crippen LogP contribution in [0.25, 0.3) is 0 Å². The molecule has 0 bridgehead atoms. The lowest BCUT2D eigenvalue weighted by atomic mass is 9.92. The van der Waals surface area contributed by atoms with Gasteiger partial charge in [0.2, 0.25) is 0 Å². The molecule has 7 heteroatoms. The molecule has 0 unspecified atom stereocenters. The largest absolute Gasteiger partial charge is 0.467 e. The van der Waals surface area contributed by atoms with Gasteiger partial charge in [-0.25, -0.2) is 4.79 Å². The first-order valence-electron chi connectivity index (χ1n) is 7.98. The van der Waals surface area contributed by atoms with Gasteiger partial charge in [-0.2, -0.15) is 0 Å². The van der Waals surface area contributed by atoms with Gasteiger partial charge < -0.3 is 19.6 Å². The summed E-state index contributed by atoms with van der Waals surface area (Å²) in [5.41, 5.74) is -0.438. The first-order valence-corrected chi connectivity index (χ1v) is 7.98. The highest BCUT2D eigenvalue weighted by Gasteiger charge is 2.49. The number of furan rings is 1. The van der Waals surface area contributed by atoms with Gasteiger partial charge in [-0.15, -0.1) is 0 Å². The van der Waals surface area contributed by atoms with Crippen LogP contribution in [0.3, 0.4) is 0 Å². The molecular weight excluding hydrogens is 324 g/mol. The third-order valence-electron chi connectivity index (χ3n) is 4.15. The standard InChI is InChI=1S/C18H20N2O5/c1-18(13-6-3-2-4-7-13)16(22)20(17(23)19-18)10-14(21)11-24-12-15-8-5-9-25-15/h2-9,14,21H,10-12H2,1H3,(H,19,23)/t14-,18-/m1/s1. The van der Waals surface area contributed by atoms with E-state index in [0.29, 0.717) is 11.3 Å². The van der Waals surface area contributed by atoms with Crippen LogP contribution in [0.15, 0.2) is 53.1 Å². The fourth-order valence-corrected chi connectivity index (χ4v) is 2.78. The molecule has 2 N–H and O–H groups in total. The number of nitrogens with zero attached hydrogens (tertiary/aromatic N) is 1. The van der Waals surface area contributed by atoms with Crippen LogP contribution in [0.5, 0.6) is 0 Å². The minimum atomic E-state index is -1.13. The number of benzene rings is 1.